The van der Waals surface area contributed by atoms with E-state index in [9.17, 15) is 0 Å². The second-order valence-corrected chi connectivity index (χ2v) is 5.93. The summed E-state index contributed by atoms with van der Waals surface area (Å²) >= 11 is 9.68. The second-order valence-electron chi connectivity index (χ2n) is 4.60. The summed E-state index contributed by atoms with van der Waals surface area (Å²) in [6.07, 6.45) is 0. The van der Waals surface area contributed by atoms with Crippen molar-refractivity contribution in [3.05, 3.63) is 62.6 Å². The maximum absolute atomic E-state index is 8.66. The molecule has 4 N–H and O–H groups in total. The molecule has 0 aliphatic rings. The average Bonchev–Trinajstić information content (AvgIpc) is 2.48. The number of halogens is 2. The number of nitrogens with one attached hydrogen (secondary N) is 1. The number of benzene rings is 2. The first-order valence-corrected chi connectivity index (χ1v) is 7.44. The predicted octanol–water partition coefficient (Wildman–Crippen LogP) is 4.12. The lowest BCUT2D eigenvalue weighted by molar-refractivity contribution is 0.318. The minimum atomic E-state index is 0.0410. The number of hydrogen-bond acceptors (Lipinski definition) is 3. The maximum atomic E-state index is 8.66. The topological polar surface area (TPSA) is 70.6 Å². The lowest BCUT2D eigenvalue weighted by atomic mass is 10.1. The molecule has 2 aromatic rings. The van der Waals surface area contributed by atoms with Gasteiger partial charge >= 0.3 is 0 Å². The molecule has 6 heteroatoms. The van der Waals surface area contributed by atoms with Gasteiger partial charge in [-0.15, -0.1) is 0 Å². The van der Waals surface area contributed by atoms with Crippen LogP contribution in [0.5, 0.6) is 0 Å². The van der Waals surface area contributed by atoms with Crippen molar-refractivity contribution in [3.63, 3.8) is 0 Å². The SMILES string of the molecule is Cc1ccc(Br)cc1NCc1ccc(/C(N)=N/O)cc1Cl. The molecule has 0 radical (unpaired) electrons. The summed E-state index contributed by atoms with van der Waals surface area (Å²) in [5.74, 6) is 0.0410. The third-order valence-electron chi connectivity index (χ3n) is 3.13. The van der Waals surface area contributed by atoms with Gasteiger partial charge in [-0.05, 0) is 36.2 Å². The highest BCUT2D eigenvalue weighted by atomic mass is 79.9. The van der Waals surface area contributed by atoms with Gasteiger partial charge in [0.15, 0.2) is 5.84 Å². The molecule has 2 rings (SSSR count). The molecular weight excluding hydrogens is 354 g/mol. The Kier molecular flexibility index (Phi) is 5.09. The van der Waals surface area contributed by atoms with Crippen LogP contribution in [0.2, 0.25) is 5.02 Å². The number of oxime groups is 1. The van der Waals surface area contributed by atoms with Crippen molar-refractivity contribution in [2.45, 2.75) is 13.5 Å². The zero-order chi connectivity index (χ0) is 15.4. The fraction of sp³-hybridized carbons (Fsp3) is 0.133. The van der Waals surface area contributed by atoms with Crippen LogP contribution in [0.15, 0.2) is 46.0 Å². The van der Waals surface area contributed by atoms with E-state index in [0.29, 0.717) is 17.1 Å². The van der Waals surface area contributed by atoms with Crippen LogP contribution in [0.3, 0.4) is 0 Å². The summed E-state index contributed by atoms with van der Waals surface area (Å²) in [7, 11) is 0. The summed E-state index contributed by atoms with van der Waals surface area (Å²) < 4.78 is 1.02. The predicted molar refractivity (Wildman–Crippen MR) is 90.2 cm³/mol. The van der Waals surface area contributed by atoms with E-state index in [1.165, 1.54) is 0 Å². The van der Waals surface area contributed by atoms with Crippen molar-refractivity contribution in [3.8, 4) is 0 Å². The molecule has 0 saturated carbocycles. The standard InChI is InChI=1S/C15H15BrClN3O/c1-9-2-5-12(16)7-14(9)19-8-11-4-3-10(6-13(11)17)15(18)20-21/h2-7,19,21H,8H2,1H3,(H2,18,20). The van der Waals surface area contributed by atoms with Gasteiger partial charge in [0.25, 0.3) is 0 Å². The number of rotatable bonds is 4. The van der Waals surface area contributed by atoms with Crippen LogP contribution in [0.25, 0.3) is 0 Å². The number of amidine groups is 1. The molecule has 0 aromatic heterocycles. The van der Waals surface area contributed by atoms with Crippen LogP contribution in [0.1, 0.15) is 16.7 Å². The first kappa shape index (κ1) is 15.7. The quantitative estimate of drug-likeness (QED) is 0.329. The van der Waals surface area contributed by atoms with Gasteiger partial charge in [-0.3, -0.25) is 0 Å². The van der Waals surface area contributed by atoms with Gasteiger partial charge in [0.05, 0.1) is 0 Å². The normalized spacial score (nSPS) is 11.5. The van der Waals surface area contributed by atoms with Crippen molar-refractivity contribution in [1.82, 2.24) is 0 Å². The molecule has 110 valence electrons. The Labute approximate surface area is 136 Å². The minimum absolute atomic E-state index is 0.0410. The number of hydrogen-bond donors (Lipinski definition) is 3. The molecular formula is C15H15BrClN3O. The molecule has 21 heavy (non-hydrogen) atoms. The lowest BCUT2D eigenvalue weighted by Crippen LogP contribution is -2.13. The summed E-state index contributed by atoms with van der Waals surface area (Å²) in [6.45, 7) is 2.63. The van der Waals surface area contributed by atoms with Crippen LogP contribution in [-0.2, 0) is 6.54 Å². The van der Waals surface area contributed by atoms with E-state index in [-0.39, 0.29) is 5.84 Å². The molecule has 0 aliphatic heterocycles. The lowest BCUT2D eigenvalue weighted by Gasteiger charge is -2.12. The molecule has 0 bridgehead atoms. The van der Waals surface area contributed by atoms with E-state index in [2.05, 4.69) is 26.4 Å². The smallest absolute Gasteiger partial charge is 0.170 e. The van der Waals surface area contributed by atoms with E-state index >= 15 is 0 Å². The van der Waals surface area contributed by atoms with Crippen molar-refractivity contribution in [1.29, 1.82) is 0 Å². The van der Waals surface area contributed by atoms with Crippen LogP contribution in [-0.4, -0.2) is 11.0 Å². The summed E-state index contributed by atoms with van der Waals surface area (Å²) in [4.78, 5) is 0. The molecule has 2 aromatic carbocycles. The number of nitrogens with zero attached hydrogens (tertiary/aromatic N) is 1. The minimum Gasteiger partial charge on any atom is -0.409 e. The van der Waals surface area contributed by atoms with Gasteiger partial charge in [0, 0.05) is 27.3 Å². The zero-order valence-corrected chi connectivity index (χ0v) is 13.7. The fourth-order valence-electron chi connectivity index (χ4n) is 1.88. The highest BCUT2D eigenvalue weighted by Gasteiger charge is 2.06. The van der Waals surface area contributed by atoms with Gasteiger partial charge in [-0.2, -0.15) is 0 Å². The molecule has 0 fully saturated rings. The van der Waals surface area contributed by atoms with Gasteiger partial charge in [0.2, 0.25) is 0 Å². The molecule has 4 nitrogen and oxygen atoms in total. The Balaban J connectivity index is 2.15. The Morgan fingerprint density at radius 3 is 2.76 bits per heavy atom. The van der Waals surface area contributed by atoms with Crippen LogP contribution < -0.4 is 11.1 Å². The van der Waals surface area contributed by atoms with Gasteiger partial charge in [-0.25, -0.2) is 0 Å². The zero-order valence-electron chi connectivity index (χ0n) is 11.4. The Morgan fingerprint density at radius 2 is 2.10 bits per heavy atom. The molecule has 0 aliphatic carbocycles. The monoisotopic (exact) mass is 367 g/mol. The fourth-order valence-corrected chi connectivity index (χ4v) is 2.49. The molecule has 0 heterocycles. The third-order valence-corrected chi connectivity index (χ3v) is 3.97. The highest BCUT2D eigenvalue weighted by Crippen LogP contribution is 2.23. The van der Waals surface area contributed by atoms with E-state index in [1.807, 2.05) is 31.2 Å². The largest absolute Gasteiger partial charge is 0.409 e. The Bertz CT molecular complexity index is 689. The van der Waals surface area contributed by atoms with Gasteiger partial charge in [-0.1, -0.05) is 50.9 Å². The second kappa shape index (κ2) is 6.83. The van der Waals surface area contributed by atoms with E-state index in [1.54, 1.807) is 12.1 Å². The van der Waals surface area contributed by atoms with Crippen molar-refractivity contribution in [2.75, 3.05) is 5.32 Å². The van der Waals surface area contributed by atoms with Crippen molar-refractivity contribution in [2.24, 2.45) is 10.9 Å². The maximum Gasteiger partial charge on any atom is 0.170 e. The first-order chi connectivity index (χ1) is 10.0. The van der Waals surface area contributed by atoms with Crippen LogP contribution >= 0.6 is 27.5 Å². The van der Waals surface area contributed by atoms with Gasteiger partial charge in [0.1, 0.15) is 0 Å². The molecule has 0 spiro atoms. The first-order valence-electron chi connectivity index (χ1n) is 6.27. The third kappa shape index (κ3) is 3.89. The molecule has 0 amide bonds. The average molecular weight is 369 g/mol. The molecule has 0 unspecified atom stereocenters. The Morgan fingerprint density at radius 1 is 1.33 bits per heavy atom. The molecule has 0 atom stereocenters. The number of nitrogens with two attached hydrogens (primary N) is 1. The van der Waals surface area contributed by atoms with Crippen LogP contribution in [0.4, 0.5) is 5.69 Å². The number of anilines is 1. The van der Waals surface area contributed by atoms with Gasteiger partial charge < -0.3 is 16.3 Å². The number of aryl methyl sites for hydroxylation is 1. The van der Waals surface area contributed by atoms with E-state index in [4.69, 9.17) is 22.5 Å². The summed E-state index contributed by atoms with van der Waals surface area (Å²) in [5, 5.41) is 15.5. The van der Waals surface area contributed by atoms with Crippen LogP contribution in [0, 0.1) is 6.92 Å². The summed E-state index contributed by atoms with van der Waals surface area (Å²) in [5.41, 5.74) is 9.26. The van der Waals surface area contributed by atoms with E-state index < -0.39 is 0 Å². The molecule has 0 saturated heterocycles. The van der Waals surface area contributed by atoms with Crippen molar-refractivity contribution >= 4 is 39.1 Å². The van der Waals surface area contributed by atoms with Crippen molar-refractivity contribution < 1.29 is 5.21 Å². The van der Waals surface area contributed by atoms with E-state index in [0.717, 1.165) is 21.3 Å². The Hall–Kier alpha value is -1.72. The summed E-state index contributed by atoms with van der Waals surface area (Å²) in [6, 6.07) is 11.4. The highest BCUT2D eigenvalue weighted by molar-refractivity contribution is 9.10.